The normalized spacial score (nSPS) is 7.00. The van der Waals surface area contributed by atoms with Crippen molar-refractivity contribution in [1.82, 2.24) is 0 Å². The van der Waals surface area contributed by atoms with Gasteiger partial charge in [0.05, 0.1) is 0 Å². The Balaban J connectivity index is 0. The van der Waals surface area contributed by atoms with Crippen molar-refractivity contribution < 1.29 is 26.8 Å². The number of hydrogen-bond acceptors (Lipinski definition) is 1. The third-order valence-corrected chi connectivity index (χ3v) is 0.512. The molecule has 1 nitrogen and oxygen atoms in total. The van der Waals surface area contributed by atoms with Crippen molar-refractivity contribution in [1.29, 1.82) is 0 Å². The third-order valence-electron chi connectivity index (χ3n) is 0.512. The van der Waals surface area contributed by atoms with Gasteiger partial charge in [-0.3, -0.25) is 0 Å². The average Bonchev–Trinajstić information content (AvgIpc) is 1.41. The molecule has 0 atom stereocenters. The summed E-state index contributed by atoms with van der Waals surface area (Å²) in [6, 6.07) is 0. The number of rotatable bonds is 2. The molecule has 0 bridgehead atoms. The number of aliphatic hydroxyl groups is 1. The first kappa shape index (κ1) is 9.84. The minimum absolute atomic E-state index is 0. The van der Waals surface area contributed by atoms with Crippen LogP contribution in [-0.4, -0.2) is 11.7 Å². The van der Waals surface area contributed by atoms with Crippen molar-refractivity contribution in [3.63, 3.8) is 0 Å². The molecule has 0 saturated heterocycles. The van der Waals surface area contributed by atoms with E-state index in [4.69, 9.17) is 5.11 Å². The first-order valence-corrected chi connectivity index (χ1v) is 2.02. The average molecular weight is 122 g/mol. The van der Waals surface area contributed by atoms with Crippen molar-refractivity contribution >= 4 is 0 Å². The number of hydrogen-bond donors (Lipinski definition) is 1. The van der Waals surface area contributed by atoms with E-state index in [1.54, 1.807) is 0 Å². The Morgan fingerprint density at radius 3 is 2.00 bits per heavy atom. The zero-order valence-electron chi connectivity index (χ0n) is 4.07. The van der Waals surface area contributed by atoms with Crippen LogP contribution in [0.15, 0.2) is 0 Å². The summed E-state index contributed by atoms with van der Waals surface area (Å²) in [5.41, 5.74) is 0. The molecule has 2 heteroatoms. The van der Waals surface area contributed by atoms with Crippen LogP contribution in [0.3, 0.4) is 0 Å². The van der Waals surface area contributed by atoms with E-state index < -0.39 is 0 Å². The second-order valence-electron chi connectivity index (χ2n) is 1.08. The van der Waals surface area contributed by atoms with Crippen molar-refractivity contribution in [3.8, 4) is 0 Å². The monoisotopic (exact) mass is 122 g/mol. The third kappa shape index (κ3) is 8.82. The van der Waals surface area contributed by atoms with Crippen LogP contribution in [0.1, 0.15) is 19.8 Å². The summed E-state index contributed by atoms with van der Waals surface area (Å²) in [5.74, 6) is 0. The topological polar surface area (TPSA) is 20.2 Å². The number of aliphatic hydroxyl groups excluding tert-OH is 1. The van der Waals surface area contributed by atoms with Gasteiger partial charge in [0.2, 0.25) is 0 Å². The van der Waals surface area contributed by atoms with Gasteiger partial charge in [0.25, 0.3) is 0 Å². The van der Waals surface area contributed by atoms with E-state index in [0.29, 0.717) is 6.61 Å². The van der Waals surface area contributed by atoms with E-state index in [9.17, 15) is 0 Å². The van der Waals surface area contributed by atoms with Gasteiger partial charge in [-0.1, -0.05) is 13.3 Å². The van der Waals surface area contributed by atoms with Gasteiger partial charge in [-0.05, 0) is 6.42 Å². The molecule has 0 aromatic heterocycles. The molecule has 1 N–H and O–H groups in total. The van der Waals surface area contributed by atoms with Gasteiger partial charge in [0, 0.05) is 6.61 Å². The molecule has 0 aliphatic heterocycles. The summed E-state index contributed by atoms with van der Waals surface area (Å²) in [4.78, 5) is 0. The smallest absolute Gasteiger partial charge is 0.396 e. The summed E-state index contributed by atoms with van der Waals surface area (Å²) in [7, 11) is 0. The largest absolute Gasteiger partial charge is 4.00 e. The Bertz CT molecular complexity index is 15.0. The minimum atomic E-state index is 0. The first-order valence-electron chi connectivity index (χ1n) is 2.02. The molecule has 0 aromatic rings. The van der Waals surface area contributed by atoms with Gasteiger partial charge in [-0.2, -0.15) is 0 Å². The maximum atomic E-state index is 8.07. The van der Waals surface area contributed by atoms with Crippen molar-refractivity contribution in [2.24, 2.45) is 0 Å². The van der Waals surface area contributed by atoms with Gasteiger partial charge < -0.3 is 5.11 Å². The van der Waals surface area contributed by atoms with Crippen LogP contribution in [0, 0.1) is 0 Å². The molecule has 0 aliphatic rings. The molecule has 32 valence electrons. The van der Waals surface area contributed by atoms with Crippen LogP contribution < -0.4 is 0 Å². The van der Waals surface area contributed by atoms with Crippen LogP contribution in [0.5, 0.6) is 0 Å². The van der Waals surface area contributed by atoms with Crippen molar-refractivity contribution in [3.05, 3.63) is 0 Å². The van der Waals surface area contributed by atoms with E-state index in [1.807, 2.05) is 0 Å². The molecule has 0 rings (SSSR count). The molecule has 0 saturated carbocycles. The van der Waals surface area contributed by atoms with Gasteiger partial charge >= 0.3 is 21.7 Å². The summed E-state index contributed by atoms with van der Waals surface area (Å²) in [5, 5.41) is 8.07. The maximum Gasteiger partial charge on any atom is 4.00 e. The number of unbranched alkanes of at least 4 members (excludes halogenated alkanes) is 1. The quantitative estimate of drug-likeness (QED) is 0.536. The molecular weight excluding hydrogens is 112 g/mol. The molecule has 0 aliphatic carbocycles. The first-order chi connectivity index (χ1) is 2.41. The van der Waals surface area contributed by atoms with Gasteiger partial charge in [0.15, 0.2) is 0 Å². The fourth-order valence-corrected chi connectivity index (χ4v) is 0.158. The van der Waals surface area contributed by atoms with Crippen LogP contribution in [0.4, 0.5) is 0 Å². The Hall–Kier alpha value is 0.674. The molecular formula is C4H10OTi+4. The standard InChI is InChI=1S/C4H10O.Ti/c1-2-3-4-5;/h5H,2-4H2,1H3;/q;+4. The van der Waals surface area contributed by atoms with Gasteiger partial charge in [-0.15, -0.1) is 0 Å². The summed E-state index contributed by atoms with van der Waals surface area (Å²) in [6.07, 6.45) is 2.04. The Morgan fingerprint density at radius 2 is 2.00 bits per heavy atom. The summed E-state index contributed by atoms with van der Waals surface area (Å²) in [6.45, 7) is 2.40. The SMILES string of the molecule is CCCCO.[Ti+4]. The second kappa shape index (κ2) is 9.18. The van der Waals surface area contributed by atoms with E-state index in [-0.39, 0.29) is 21.7 Å². The van der Waals surface area contributed by atoms with Gasteiger partial charge in [0.1, 0.15) is 0 Å². The fraction of sp³-hybridized carbons (Fsp3) is 1.00. The second-order valence-corrected chi connectivity index (χ2v) is 1.08. The predicted molar refractivity (Wildman–Crippen MR) is 22.0 cm³/mol. The fourth-order valence-electron chi connectivity index (χ4n) is 0.158. The minimum Gasteiger partial charge on any atom is -0.396 e. The zero-order valence-corrected chi connectivity index (χ0v) is 5.63. The van der Waals surface area contributed by atoms with Gasteiger partial charge in [-0.25, -0.2) is 0 Å². The molecule has 0 unspecified atom stereocenters. The summed E-state index contributed by atoms with van der Waals surface area (Å²) >= 11 is 0. The summed E-state index contributed by atoms with van der Waals surface area (Å²) < 4.78 is 0. The van der Waals surface area contributed by atoms with Crippen LogP contribution in [-0.2, 0) is 21.7 Å². The zero-order chi connectivity index (χ0) is 4.12. The molecule has 0 amide bonds. The van der Waals surface area contributed by atoms with Crippen molar-refractivity contribution in [2.45, 2.75) is 19.8 Å². The maximum absolute atomic E-state index is 8.07. The van der Waals surface area contributed by atoms with E-state index in [0.717, 1.165) is 12.8 Å². The molecule has 0 spiro atoms. The Morgan fingerprint density at radius 1 is 1.50 bits per heavy atom. The van der Waals surface area contributed by atoms with Crippen LogP contribution in [0.25, 0.3) is 0 Å². The Labute approximate surface area is 53.6 Å². The molecule has 0 heterocycles. The van der Waals surface area contributed by atoms with Crippen LogP contribution >= 0.6 is 0 Å². The van der Waals surface area contributed by atoms with Crippen LogP contribution in [0.2, 0.25) is 0 Å². The predicted octanol–water partition coefficient (Wildman–Crippen LogP) is 0.776. The molecule has 6 heavy (non-hydrogen) atoms. The van der Waals surface area contributed by atoms with E-state index >= 15 is 0 Å². The van der Waals surface area contributed by atoms with E-state index in [1.165, 1.54) is 0 Å². The molecule has 0 radical (unpaired) electrons. The van der Waals surface area contributed by atoms with E-state index in [2.05, 4.69) is 6.92 Å². The van der Waals surface area contributed by atoms with Crippen molar-refractivity contribution in [2.75, 3.05) is 6.61 Å². The Kier molecular flexibility index (Phi) is 15.1. The molecule has 0 aromatic carbocycles. The molecule has 0 fully saturated rings.